The quantitative estimate of drug-likeness (QED) is 0.247. The summed E-state index contributed by atoms with van der Waals surface area (Å²) in [5.74, 6) is -0.0206. The van der Waals surface area contributed by atoms with Gasteiger partial charge in [-0.1, -0.05) is 69.2 Å². The maximum atomic E-state index is 14.5. The van der Waals surface area contributed by atoms with Crippen LogP contribution in [0.3, 0.4) is 0 Å². The first-order chi connectivity index (χ1) is 21.7. The minimum Gasteiger partial charge on any atom is -0.493 e. The van der Waals surface area contributed by atoms with E-state index in [4.69, 9.17) is 25.8 Å². The Labute approximate surface area is 275 Å². The van der Waals surface area contributed by atoms with Crippen molar-refractivity contribution in [2.45, 2.75) is 26.4 Å². The fourth-order valence-corrected chi connectivity index (χ4v) is 7.45. The molecule has 6 rings (SSSR count). The maximum Gasteiger partial charge on any atom is 0.338 e. The van der Waals surface area contributed by atoms with Gasteiger partial charge in [-0.25, -0.2) is 9.79 Å². The molecule has 0 radical (unpaired) electrons. The van der Waals surface area contributed by atoms with Crippen LogP contribution in [0.1, 0.15) is 36.6 Å². The summed E-state index contributed by atoms with van der Waals surface area (Å²) in [5.41, 5.74) is 3.23. The lowest BCUT2D eigenvalue weighted by molar-refractivity contribution is -0.139. The number of nitrogens with zero attached hydrogens (tertiary/aromatic N) is 3. The van der Waals surface area contributed by atoms with E-state index in [1.165, 1.54) is 18.8 Å². The van der Waals surface area contributed by atoms with E-state index in [1.54, 1.807) is 43.0 Å². The molecule has 0 spiro atoms. The van der Waals surface area contributed by atoms with Gasteiger partial charge in [0, 0.05) is 15.1 Å². The number of anilines is 1. The number of benzene rings is 3. The Morgan fingerprint density at radius 2 is 1.73 bits per heavy atom. The molecular weight excluding hydrogens is 682 g/mol. The first-order valence-corrected chi connectivity index (χ1v) is 16.0. The zero-order valence-corrected chi connectivity index (χ0v) is 27.9. The summed E-state index contributed by atoms with van der Waals surface area (Å²) >= 11 is 10.8. The Hall–Kier alpha value is -4.19. The number of aromatic nitrogens is 1. The number of thiazole rings is 1. The number of carbonyl (C=O) groups is 2. The van der Waals surface area contributed by atoms with Gasteiger partial charge in [0.25, 0.3) is 11.5 Å². The van der Waals surface area contributed by atoms with Gasteiger partial charge in [0.2, 0.25) is 0 Å². The summed E-state index contributed by atoms with van der Waals surface area (Å²) in [7, 11) is 3.03. The average Bonchev–Trinajstić information content (AvgIpc) is 3.49. The van der Waals surface area contributed by atoms with Crippen LogP contribution < -0.4 is 29.3 Å². The molecule has 3 aromatic carbocycles. The van der Waals surface area contributed by atoms with E-state index in [-0.39, 0.29) is 28.2 Å². The molecule has 2 aliphatic heterocycles. The van der Waals surface area contributed by atoms with E-state index in [0.717, 1.165) is 16.9 Å². The molecule has 0 unspecified atom stereocenters. The topological polar surface area (TPSA) is 99.4 Å². The molecule has 9 nitrogen and oxygen atoms in total. The van der Waals surface area contributed by atoms with Crippen LogP contribution in [-0.2, 0) is 20.9 Å². The van der Waals surface area contributed by atoms with Gasteiger partial charge in [-0.3, -0.25) is 14.2 Å². The van der Waals surface area contributed by atoms with E-state index in [1.807, 2.05) is 36.4 Å². The molecule has 4 aromatic rings. The van der Waals surface area contributed by atoms with E-state index >= 15 is 0 Å². The first kappa shape index (κ1) is 30.8. The summed E-state index contributed by atoms with van der Waals surface area (Å²) in [6, 6.07) is 17.2. The van der Waals surface area contributed by atoms with Crippen molar-refractivity contribution in [2.75, 3.05) is 25.7 Å². The highest BCUT2D eigenvalue weighted by Gasteiger charge is 2.38. The Morgan fingerprint density at radius 3 is 2.42 bits per heavy atom. The fraction of sp³-hybridized carbons (Fsp3) is 0.212. The number of fused-ring (bicyclic) bond motifs is 2. The molecule has 230 valence electrons. The van der Waals surface area contributed by atoms with Gasteiger partial charge in [0.05, 0.1) is 55.9 Å². The number of rotatable bonds is 7. The lowest BCUT2D eigenvalue weighted by Crippen LogP contribution is -2.41. The van der Waals surface area contributed by atoms with Crippen molar-refractivity contribution in [3.63, 3.8) is 0 Å². The minimum atomic E-state index is -0.930. The standard InChI is InChI=1S/C33H27BrClN3O6S/c1-5-44-32(41)26-17(2)36-33-38(28(26)21-14-24(42-3)25(43-4)15-22(21)34)31(40)29(45-33)27-20-8-6-7-9-23(20)37(30(27)39)16-18-10-12-19(35)13-11-18/h6-15,28H,5,16H2,1-4H3/b29-27+/t28-/m0/s1. The second-order valence-corrected chi connectivity index (χ2v) is 12.5. The summed E-state index contributed by atoms with van der Waals surface area (Å²) in [6.45, 7) is 3.85. The van der Waals surface area contributed by atoms with Crippen LogP contribution in [0, 0.1) is 0 Å². The molecule has 2 aliphatic rings. The number of allylic oxidation sites excluding steroid dienone is 1. The molecule has 1 atom stereocenters. The van der Waals surface area contributed by atoms with Gasteiger partial charge >= 0.3 is 5.97 Å². The van der Waals surface area contributed by atoms with Crippen molar-refractivity contribution in [3.05, 3.63) is 118 Å². The predicted octanol–water partition coefficient (Wildman–Crippen LogP) is 5.15. The smallest absolute Gasteiger partial charge is 0.338 e. The number of carbonyl (C=O) groups excluding carboxylic acids is 2. The van der Waals surface area contributed by atoms with E-state index < -0.39 is 17.6 Å². The fourth-order valence-electron chi connectivity index (χ4n) is 5.64. The molecule has 0 N–H and O–H groups in total. The Balaban J connectivity index is 1.60. The molecule has 0 fully saturated rings. The number of esters is 1. The third-order valence-corrected chi connectivity index (χ3v) is 9.69. The summed E-state index contributed by atoms with van der Waals surface area (Å²) < 4.78 is 18.7. The number of halogens is 2. The number of amides is 1. The SMILES string of the molecule is CCOC(=O)C1=C(C)N=c2s/c(=C3/C(=O)N(Cc4ccc(Cl)cc4)c4ccccc43)c(=O)n2[C@H]1c1cc(OC)c(OC)cc1Br. The van der Waals surface area contributed by atoms with Crippen LogP contribution in [-0.4, -0.2) is 37.3 Å². The van der Waals surface area contributed by atoms with Crippen molar-refractivity contribution in [1.82, 2.24) is 4.57 Å². The molecule has 0 aliphatic carbocycles. The molecule has 12 heteroatoms. The Bertz CT molecular complexity index is 2090. The number of methoxy groups -OCH3 is 2. The molecule has 1 amide bonds. The van der Waals surface area contributed by atoms with Crippen LogP contribution >= 0.6 is 38.9 Å². The third kappa shape index (κ3) is 5.28. The molecule has 45 heavy (non-hydrogen) atoms. The number of para-hydroxylation sites is 1. The zero-order chi connectivity index (χ0) is 32.0. The van der Waals surface area contributed by atoms with Crippen molar-refractivity contribution in [1.29, 1.82) is 0 Å². The highest BCUT2D eigenvalue weighted by Crippen LogP contribution is 2.41. The molecule has 0 saturated heterocycles. The normalized spacial score (nSPS) is 16.7. The molecule has 0 bridgehead atoms. The molecule has 3 heterocycles. The molecule has 1 aromatic heterocycles. The van der Waals surface area contributed by atoms with Crippen LogP contribution in [0.15, 0.2) is 86.2 Å². The highest BCUT2D eigenvalue weighted by molar-refractivity contribution is 9.10. The second-order valence-electron chi connectivity index (χ2n) is 10.3. The molecule has 0 saturated carbocycles. The number of hydrogen-bond donors (Lipinski definition) is 0. The van der Waals surface area contributed by atoms with Crippen LogP contribution in [0.25, 0.3) is 5.57 Å². The van der Waals surface area contributed by atoms with Crippen LogP contribution in [0.5, 0.6) is 11.5 Å². The van der Waals surface area contributed by atoms with Gasteiger partial charge < -0.3 is 19.1 Å². The minimum absolute atomic E-state index is 0.138. The Morgan fingerprint density at radius 1 is 1.04 bits per heavy atom. The predicted molar refractivity (Wildman–Crippen MR) is 176 cm³/mol. The average molecular weight is 709 g/mol. The Kier molecular flexibility index (Phi) is 8.43. The van der Waals surface area contributed by atoms with Crippen molar-refractivity contribution in [3.8, 4) is 11.5 Å². The van der Waals surface area contributed by atoms with Crippen molar-refractivity contribution < 1.29 is 23.8 Å². The van der Waals surface area contributed by atoms with Gasteiger partial charge in [0.1, 0.15) is 4.53 Å². The van der Waals surface area contributed by atoms with E-state index in [9.17, 15) is 14.4 Å². The van der Waals surface area contributed by atoms with Crippen LogP contribution in [0.4, 0.5) is 5.69 Å². The van der Waals surface area contributed by atoms with Crippen molar-refractivity contribution >= 4 is 62.0 Å². The lowest BCUT2D eigenvalue weighted by atomic mass is 9.95. The second kappa shape index (κ2) is 12.3. The summed E-state index contributed by atoms with van der Waals surface area (Å²) in [5, 5.41) is 0.599. The van der Waals surface area contributed by atoms with Crippen LogP contribution in [0.2, 0.25) is 5.02 Å². The summed E-state index contributed by atoms with van der Waals surface area (Å²) in [6.07, 6.45) is 0. The van der Waals surface area contributed by atoms with E-state index in [0.29, 0.717) is 54.9 Å². The molecular formula is C33H27BrClN3O6S. The first-order valence-electron chi connectivity index (χ1n) is 14.0. The van der Waals surface area contributed by atoms with Crippen molar-refractivity contribution in [2.24, 2.45) is 4.99 Å². The highest BCUT2D eigenvalue weighted by atomic mass is 79.9. The van der Waals surface area contributed by atoms with Gasteiger partial charge in [-0.15, -0.1) is 0 Å². The maximum absolute atomic E-state index is 14.5. The number of hydrogen-bond acceptors (Lipinski definition) is 8. The number of ether oxygens (including phenoxy) is 3. The summed E-state index contributed by atoms with van der Waals surface area (Å²) in [4.78, 5) is 48.8. The van der Waals surface area contributed by atoms with E-state index in [2.05, 4.69) is 20.9 Å². The monoisotopic (exact) mass is 707 g/mol. The van der Waals surface area contributed by atoms with Gasteiger partial charge in [0.15, 0.2) is 16.3 Å². The third-order valence-electron chi connectivity index (χ3n) is 7.69. The lowest BCUT2D eigenvalue weighted by Gasteiger charge is -2.26. The van der Waals surface area contributed by atoms with Gasteiger partial charge in [-0.05, 0) is 55.3 Å². The zero-order valence-electron chi connectivity index (χ0n) is 24.7. The van der Waals surface area contributed by atoms with Gasteiger partial charge in [-0.2, -0.15) is 0 Å². The largest absolute Gasteiger partial charge is 0.493 e.